The van der Waals surface area contributed by atoms with Gasteiger partial charge in [0.15, 0.2) is 5.96 Å². The lowest BCUT2D eigenvalue weighted by Crippen LogP contribution is -2.43. The van der Waals surface area contributed by atoms with Gasteiger partial charge in [-0.25, -0.2) is 4.79 Å². The molecule has 1 aliphatic heterocycles. The Morgan fingerprint density at radius 1 is 1.28 bits per heavy atom. The van der Waals surface area contributed by atoms with Crippen LogP contribution in [0.2, 0.25) is 0 Å². The fourth-order valence-corrected chi connectivity index (χ4v) is 2.24. The third kappa shape index (κ3) is 10.1. The molecule has 0 saturated carbocycles. The van der Waals surface area contributed by atoms with Gasteiger partial charge in [0, 0.05) is 46.3 Å². The highest BCUT2D eigenvalue weighted by atomic mass is 16.6. The Labute approximate surface area is 151 Å². The van der Waals surface area contributed by atoms with E-state index >= 15 is 0 Å². The van der Waals surface area contributed by atoms with E-state index < -0.39 is 5.60 Å². The van der Waals surface area contributed by atoms with Gasteiger partial charge >= 0.3 is 6.09 Å². The SMILES string of the molecule is CCNC(=NCCN1CCOCC1)NCCN(C)C(=O)OC(C)(C)C. The van der Waals surface area contributed by atoms with Crippen molar-refractivity contribution in [1.82, 2.24) is 20.4 Å². The van der Waals surface area contributed by atoms with E-state index in [0.717, 1.165) is 51.9 Å². The first kappa shape index (κ1) is 21.5. The van der Waals surface area contributed by atoms with Crippen LogP contribution in [0.15, 0.2) is 4.99 Å². The van der Waals surface area contributed by atoms with Crippen molar-refractivity contribution in [3.8, 4) is 0 Å². The minimum atomic E-state index is -0.478. The molecular formula is C17H35N5O3. The molecule has 1 saturated heterocycles. The molecular weight excluding hydrogens is 322 g/mol. The van der Waals surface area contributed by atoms with Crippen molar-refractivity contribution in [3.63, 3.8) is 0 Å². The van der Waals surface area contributed by atoms with E-state index in [2.05, 4.69) is 20.5 Å². The van der Waals surface area contributed by atoms with Crippen LogP contribution in [0, 0.1) is 0 Å². The summed E-state index contributed by atoms with van der Waals surface area (Å²) in [5.74, 6) is 0.772. The van der Waals surface area contributed by atoms with Crippen LogP contribution in [0.4, 0.5) is 4.79 Å². The van der Waals surface area contributed by atoms with E-state index in [1.54, 1.807) is 11.9 Å². The molecule has 1 fully saturated rings. The van der Waals surface area contributed by atoms with Crippen LogP contribution < -0.4 is 10.6 Å². The lowest BCUT2D eigenvalue weighted by molar-refractivity contribution is 0.0302. The molecule has 0 aliphatic carbocycles. The number of carbonyl (C=O) groups is 1. The standard InChI is InChI=1S/C17H35N5O3/c1-6-18-15(20-8-10-22-11-13-24-14-12-22)19-7-9-21(5)16(23)25-17(2,3)4/h6-14H2,1-5H3,(H2,18,19,20). The molecule has 1 aliphatic rings. The first-order chi connectivity index (χ1) is 11.8. The Bertz CT molecular complexity index is 417. The lowest BCUT2D eigenvalue weighted by atomic mass is 10.2. The summed E-state index contributed by atoms with van der Waals surface area (Å²) in [5, 5.41) is 6.48. The second-order valence-electron chi connectivity index (χ2n) is 7.04. The van der Waals surface area contributed by atoms with Gasteiger partial charge in [-0.15, -0.1) is 0 Å². The Balaban J connectivity index is 2.31. The van der Waals surface area contributed by atoms with Gasteiger partial charge in [0.05, 0.1) is 19.8 Å². The number of nitrogens with one attached hydrogen (secondary N) is 2. The number of carbonyl (C=O) groups excluding carboxylic acids is 1. The number of nitrogens with zero attached hydrogens (tertiary/aromatic N) is 3. The molecule has 0 unspecified atom stereocenters. The molecule has 0 bridgehead atoms. The normalized spacial score (nSPS) is 16.4. The second-order valence-corrected chi connectivity index (χ2v) is 7.04. The van der Waals surface area contributed by atoms with Crippen molar-refractivity contribution in [2.24, 2.45) is 4.99 Å². The summed E-state index contributed by atoms with van der Waals surface area (Å²) in [7, 11) is 1.73. The Morgan fingerprint density at radius 2 is 1.96 bits per heavy atom. The van der Waals surface area contributed by atoms with Gasteiger partial charge < -0.3 is 25.0 Å². The molecule has 2 N–H and O–H groups in total. The summed E-state index contributed by atoms with van der Waals surface area (Å²) in [6, 6.07) is 0. The summed E-state index contributed by atoms with van der Waals surface area (Å²) < 4.78 is 10.7. The van der Waals surface area contributed by atoms with Gasteiger partial charge in [0.25, 0.3) is 0 Å². The summed E-state index contributed by atoms with van der Waals surface area (Å²) in [6.45, 7) is 14.8. The number of hydrogen-bond acceptors (Lipinski definition) is 5. The van der Waals surface area contributed by atoms with E-state index in [0.29, 0.717) is 13.1 Å². The van der Waals surface area contributed by atoms with Crippen LogP contribution in [0.5, 0.6) is 0 Å². The number of ether oxygens (including phenoxy) is 2. The molecule has 8 heteroatoms. The van der Waals surface area contributed by atoms with Crippen molar-refractivity contribution in [1.29, 1.82) is 0 Å². The zero-order valence-corrected chi connectivity index (χ0v) is 16.4. The van der Waals surface area contributed by atoms with Gasteiger partial charge in [-0.3, -0.25) is 9.89 Å². The van der Waals surface area contributed by atoms with Gasteiger partial charge in [-0.1, -0.05) is 0 Å². The monoisotopic (exact) mass is 357 g/mol. The van der Waals surface area contributed by atoms with Crippen LogP contribution in [0.25, 0.3) is 0 Å². The van der Waals surface area contributed by atoms with Crippen LogP contribution in [0.1, 0.15) is 27.7 Å². The van der Waals surface area contributed by atoms with Gasteiger partial charge in [-0.2, -0.15) is 0 Å². The maximum absolute atomic E-state index is 11.9. The highest BCUT2D eigenvalue weighted by Gasteiger charge is 2.19. The molecule has 1 heterocycles. The number of rotatable bonds is 7. The number of guanidine groups is 1. The molecule has 8 nitrogen and oxygen atoms in total. The van der Waals surface area contributed by atoms with Crippen molar-refractivity contribution in [3.05, 3.63) is 0 Å². The smallest absolute Gasteiger partial charge is 0.410 e. The van der Waals surface area contributed by atoms with E-state index in [9.17, 15) is 4.79 Å². The van der Waals surface area contributed by atoms with Crippen LogP contribution in [0.3, 0.4) is 0 Å². The third-order valence-corrected chi connectivity index (χ3v) is 3.58. The van der Waals surface area contributed by atoms with E-state index in [1.165, 1.54) is 0 Å². The lowest BCUT2D eigenvalue weighted by Gasteiger charge is -2.26. The summed E-state index contributed by atoms with van der Waals surface area (Å²) in [4.78, 5) is 20.4. The molecule has 0 aromatic carbocycles. The number of likely N-dealkylation sites (N-methyl/N-ethyl adjacent to an activating group) is 1. The van der Waals surface area contributed by atoms with E-state index in [4.69, 9.17) is 9.47 Å². The fourth-order valence-electron chi connectivity index (χ4n) is 2.24. The molecule has 0 spiro atoms. The highest BCUT2D eigenvalue weighted by molar-refractivity contribution is 5.79. The maximum Gasteiger partial charge on any atom is 0.410 e. The molecule has 146 valence electrons. The number of hydrogen-bond donors (Lipinski definition) is 2. The molecule has 0 aromatic rings. The Kier molecular flexibility index (Phi) is 9.59. The predicted octanol–water partition coefficient (Wildman–Crippen LogP) is 0.741. The predicted molar refractivity (Wildman–Crippen MR) is 100 cm³/mol. The molecule has 0 atom stereocenters. The van der Waals surface area contributed by atoms with Gasteiger partial charge in [0.1, 0.15) is 5.60 Å². The minimum Gasteiger partial charge on any atom is -0.444 e. The Hall–Kier alpha value is -1.54. The summed E-state index contributed by atoms with van der Waals surface area (Å²) >= 11 is 0. The molecule has 1 rings (SSSR count). The maximum atomic E-state index is 11.9. The summed E-state index contributed by atoms with van der Waals surface area (Å²) in [5.41, 5.74) is -0.478. The van der Waals surface area contributed by atoms with Crippen molar-refractivity contribution >= 4 is 12.1 Å². The number of morpholine rings is 1. The van der Waals surface area contributed by atoms with E-state index in [-0.39, 0.29) is 6.09 Å². The minimum absolute atomic E-state index is 0.316. The second kappa shape index (κ2) is 11.1. The van der Waals surface area contributed by atoms with Gasteiger partial charge in [0.2, 0.25) is 0 Å². The number of aliphatic imine (C=N–C) groups is 1. The zero-order valence-electron chi connectivity index (χ0n) is 16.4. The average Bonchev–Trinajstić information content (AvgIpc) is 2.54. The average molecular weight is 357 g/mol. The molecule has 25 heavy (non-hydrogen) atoms. The van der Waals surface area contributed by atoms with Crippen molar-refractivity contribution < 1.29 is 14.3 Å². The third-order valence-electron chi connectivity index (χ3n) is 3.58. The first-order valence-electron chi connectivity index (χ1n) is 9.08. The molecule has 0 aromatic heterocycles. The Morgan fingerprint density at radius 3 is 2.56 bits per heavy atom. The molecule has 0 radical (unpaired) electrons. The largest absolute Gasteiger partial charge is 0.444 e. The fraction of sp³-hybridized carbons (Fsp3) is 0.882. The van der Waals surface area contributed by atoms with Crippen LogP contribution in [-0.2, 0) is 9.47 Å². The van der Waals surface area contributed by atoms with E-state index in [1.807, 2.05) is 27.7 Å². The van der Waals surface area contributed by atoms with Crippen LogP contribution >= 0.6 is 0 Å². The van der Waals surface area contributed by atoms with Crippen molar-refractivity contribution in [2.75, 3.05) is 66.1 Å². The van der Waals surface area contributed by atoms with Crippen molar-refractivity contribution in [2.45, 2.75) is 33.3 Å². The topological polar surface area (TPSA) is 78.4 Å². The van der Waals surface area contributed by atoms with Gasteiger partial charge in [-0.05, 0) is 27.7 Å². The number of amides is 1. The molecule has 1 amide bonds. The highest BCUT2D eigenvalue weighted by Crippen LogP contribution is 2.08. The summed E-state index contributed by atoms with van der Waals surface area (Å²) in [6.07, 6.45) is -0.316. The zero-order chi connectivity index (χ0) is 18.7. The first-order valence-corrected chi connectivity index (χ1v) is 9.08. The quantitative estimate of drug-likeness (QED) is 0.517. The van der Waals surface area contributed by atoms with Crippen LogP contribution in [-0.4, -0.2) is 93.5 Å².